The van der Waals surface area contributed by atoms with Crippen molar-refractivity contribution in [1.82, 2.24) is 20.8 Å². The number of nitrogens with zero attached hydrogens (tertiary/aromatic N) is 3. The summed E-state index contributed by atoms with van der Waals surface area (Å²) in [5.74, 6) is 1.47. The van der Waals surface area contributed by atoms with Gasteiger partial charge in [0.25, 0.3) is 0 Å². The second kappa shape index (κ2) is 7.94. The van der Waals surface area contributed by atoms with Crippen molar-refractivity contribution in [2.75, 3.05) is 18.0 Å². The molecule has 1 saturated heterocycles. The van der Waals surface area contributed by atoms with E-state index in [4.69, 9.17) is 0 Å². The zero-order chi connectivity index (χ0) is 18.6. The Morgan fingerprint density at radius 3 is 2.52 bits per heavy atom. The fourth-order valence-corrected chi connectivity index (χ4v) is 4.25. The number of urea groups is 1. The number of carbonyl (C=O) groups is 1. The lowest BCUT2D eigenvalue weighted by atomic mass is 9.81. The standard InChI is InChI=1S/C21H27N5O/c1-15-8-9-19(18-6-3-2-5-17(15)18)24-21(27)23-16-10-13-26(14-11-16)20-7-4-12-22-25-20/h2-7,12,15-16,19H,8-11,13-14H2,1H3,(H2,23,24,27). The third-order valence-electron chi connectivity index (χ3n) is 5.81. The van der Waals surface area contributed by atoms with Gasteiger partial charge in [0, 0.05) is 25.3 Å². The van der Waals surface area contributed by atoms with Crippen LogP contribution in [0.5, 0.6) is 0 Å². The highest BCUT2D eigenvalue weighted by Crippen LogP contribution is 2.36. The number of aromatic nitrogens is 2. The van der Waals surface area contributed by atoms with E-state index >= 15 is 0 Å². The minimum atomic E-state index is -0.0534. The molecule has 1 aromatic heterocycles. The van der Waals surface area contributed by atoms with E-state index in [2.05, 4.69) is 56.9 Å². The molecule has 4 rings (SSSR count). The molecule has 2 heterocycles. The van der Waals surface area contributed by atoms with Gasteiger partial charge in [-0.3, -0.25) is 0 Å². The van der Waals surface area contributed by atoms with Crippen LogP contribution in [-0.4, -0.2) is 35.4 Å². The van der Waals surface area contributed by atoms with Crippen molar-refractivity contribution in [3.63, 3.8) is 0 Å². The van der Waals surface area contributed by atoms with Gasteiger partial charge in [0.1, 0.15) is 0 Å². The molecule has 6 heteroatoms. The van der Waals surface area contributed by atoms with Crippen LogP contribution in [-0.2, 0) is 0 Å². The summed E-state index contributed by atoms with van der Waals surface area (Å²) < 4.78 is 0. The number of anilines is 1. The fourth-order valence-electron chi connectivity index (χ4n) is 4.25. The molecule has 1 aliphatic heterocycles. The molecule has 2 unspecified atom stereocenters. The molecule has 2 amide bonds. The first-order valence-corrected chi connectivity index (χ1v) is 9.89. The summed E-state index contributed by atoms with van der Waals surface area (Å²) >= 11 is 0. The molecule has 2 atom stereocenters. The second-order valence-electron chi connectivity index (χ2n) is 7.62. The molecule has 1 fully saturated rings. The van der Waals surface area contributed by atoms with Gasteiger partial charge >= 0.3 is 6.03 Å². The summed E-state index contributed by atoms with van der Waals surface area (Å²) in [4.78, 5) is 14.8. The van der Waals surface area contributed by atoms with E-state index < -0.39 is 0 Å². The molecule has 0 saturated carbocycles. The number of rotatable bonds is 3. The molecule has 2 aromatic rings. The highest BCUT2D eigenvalue weighted by molar-refractivity contribution is 5.75. The molecule has 1 aliphatic carbocycles. The van der Waals surface area contributed by atoms with Gasteiger partial charge in [-0.2, -0.15) is 5.10 Å². The lowest BCUT2D eigenvalue weighted by Gasteiger charge is -2.34. The van der Waals surface area contributed by atoms with Crippen LogP contribution in [0.3, 0.4) is 0 Å². The minimum absolute atomic E-state index is 0.0534. The topological polar surface area (TPSA) is 70.2 Å². The van der Waals surface area contributed by atoms with Crippen molar-refractivity contribution in [1.29, 1.82) is 0 Å². The summed E-state index contributed by atoms with van der Waals surface area (Å²) in [6.07, 6.45) is 5.63. The first kappa shape index (κ1) is 17.8. The summed E-state index contributed by atoms with van der Waals surface area (Å²) in [6.45, 7) is 4.03. The van der Waals surface area contributed by atoms with Gasteiger partial charge in [-0.1, -0.05) is 31.2 Å². The maximum Gasteiger partial charge on any atom is 0.315 e. The quantitative estimate of drug-likeness (QED) is 0.875. The molecular weight excluding hydrogens is 338 g/mol. The largest absolute Gasteiger partial charge is 0.355 e. The highest BCUT2D eigenvalue weighted by Gasteiger charge is 2.27. The summed E-state index contributed by atoms with van der Waals surface area (Å²) in [5.41, 5.74) is 2.63. The van der Waals surface area contributed by atoms with Gasteiger partial charge in [-0.05, 0) is 54.9 Å². The first-order chi connectivity index (χ1) is 13.2. The van der Waals surface area contributed by atoms with E-state index in [-0.39, 0.29) is 18.1 Å². The monoisotopic (exact) mass is 365 g/mol. The van der Waals surface area contributed by atoms with Crippen LogP contribution in [0, 0.1) is 0 Å². The molecular formula is C21H27N5O. The molecule has 0 bridgehead atoms. The molecule has 1 aromatic carbocycles. The Labute approximate surface area is 160 Å². The number of nitrogens with one attached hydrogen (secondary N) is 2. The van der Waals surface area contributed by atoms with Crippen molar-refractivity contribution in [3.8, 4) is 0 Å². The Kier molecular flexibility index (Phi) is 5.23. The number of carbonyl (C=O) groups excluding carboxylic acids is 1. The van der Waals surface area contributed by atoms with Crippen LogP contribution < -0.4 is 15.5 Å². The van der Waals surface area contributed by atoms with E-state index in [1.54, 1.807) is 6.20 Å². The van der Waals surface area contributed by atoms with Crippen LogP contribution >= 0.6 is 0 Å². The van der Waals surface area contributed by atoms with Crippen LogP contribution in [0.25, 0.3) is 0 Å². The number of fused-ring (bicyclic) bond motifs is 1. The van der Waals surface area contributed by atoms with Crippen molar-refractivity contribution >= 4 is 11.8 Å². The van der Waals surface area contributed by atoms with Crippen molar-refractivity contribution in [3.05, 3.63) is 53.7 Å². The number of amides is 2. The third-order valence-corrected chi connectivity index (χ3v) is 5.81. The Morgan fingerprint density at radius 1 is 1.00 bits per heavy atom. The van der Waals surface area contributed by atoms with E-state index in [1.165, 1.54) is 11.1 Å². The molecule has 27 heavy (non-hydrogen) atoms. The summed E-state index contributed by atoms with van der Waals surface area (Å²) in [5, 5.41) is 14.5. The maximum absolute atomic E-state index is 12.6. The normalized spacial score (nSPS) is 22.8. The zero-order valence-corrected chi connectivity index (χ0v) is 15.8. The Hall–Kier alpha value is -2.63. The zero-order valence-electron chi connectivity index (χ0n) is 15.8. The molecule has 142 valence electrons. The van der Waals surface area contributed by atoms with Crippen molar-refractivity contribution < 1.29 is 4.79 Å². The average molecular weight is 365 g/mol. The predicted molar refractivity (Wildman–Crippen MR) is 106 cm³/mol. The van der Waals surface area contributed by atoms with Crippen molar-refractivity contribution in [2.24, 2.45) is 0 Å². The van der Waals surface area contributed by atoms with Crippen LogP contribution in [0.15, 0.2) is 42.6 Å². The summed E-state index contributed by atoms with van der Waals surface area (Å²) in [7, 11) is 0. The molecule has 2 N–H and O–H groups in total. The Bertz CT molecular complexity index is 773. The first-order valence-electron chi connectivity index (χ1n) is 9.89. The SMILES string of the molecule is CC1CCC(NC(=O)NC2CCN(c3cccnn3)CC2)c2ccccc21. The number of piperidine rings is 1. The minimum Gasteiger partial charge on any atom is -0.355 e. The van der Waals surface area contributed by atoms with Gasteiger partial charge in [-0.25, -0.2) is 4.79 Å². The van der Waals surface area contributed by atoms with Crippen LogP contribution in [0.4, 0.5) is 10.6 Å². The van der Waals surface area contributed by atoms with Gasteiger partial charge in [0.2, 0.25) is 0 Å². The van der Waals surface area contributed by atoms with E-state index in [0.29, 0.717) is 5.92 Å². The second-order valence-corrected chi connectivity index (χ2v) is 7.62. The summed E-state index contributed by atoms with van der Waals surface area (Å²) in [6, 6.07) is 12.6. The third kappa shape index (κ3) is 4.04. The predicted octanol–water partition coefficient (Wildman–Crippen LogP) is 3.38. The highest BCUT2D eigenvalue weighted by atomic mass is 16.2. The van der Waals surface area contributed by atoms with E-state index in [1.807, 2.05) is 12.1 Å². The van der Waals surface area contributed by atoms with E-state index in [0.717, 1.165) is 44.6 Å². The Morgan fingerprint density at radius 2 is 1.78 bits per heavy atom. The fraction of sp³-hybridized carbons (Fsp3) is 0.476. The average Bonchev–Trinajstić information content (AvgIpc) is 2.71. The van der Waals surface area contributed by atoms with Crippen LogP contribution in [0.2, 0.25) is 0 Å². The lowest BCUT2D eigenvalue weighted by molar-refractivity contribution is 0.228. The smallest absolute Gasteiger partial charge is 0.315 e. The Balaban J connectivity index is 1.30. The molecule has 0 radical (unpaired) electrons. The number of benzene rings is 1. The van der Waals surface area contributed by atoms with Gasteiger partial charge in [-0.15, -0.1) is 5.10 Å². The molecule has 0 spiro atoms. The van der Waals surface area contributed by atoms with Crippen molar-refractivity contribution in [2.45, 2.75) is 50.6 Å². The van der Waals surface area contributed by atoms with Crippen LogP contribution in [0.1, 0.15) is 55.7 Å². The molecule has 6 nitrogen and oxygen atoms in total. The van der Waals surface area contributed by atoms with Gasteiger partial charge < -0.3 is 15.5 Å². The lowest BCUT2D eigenvalue weighted by Crippen LogP contribution is -2.49. The molecule has 2 aliphatic rings. The van der Waals surface area contributed by atoms with E-state index in [9.17, 15) is 4.79 Å². The van der Waals surface area contributed by atoms with Gasteiger partial charge in [0.05, 0.1) is 6.04 Å². The number of hydrogen-bond donors (Lipinski definition) is 2. The maximum atomic E-state index is 12.6. The van der Waals surface area contributed by atoms with Gasteiger partial charge in [0.15, 0.2) is 5.82 Å². The number of hydrogen-bond acceptors (Lipinski definition) is 4.